The third-order valence-electron chi connectivity index (χ3n) is 6.18. The summed E-state index contributed by atoms with van der Waals surface area (Å²) >= 11 is 0. The summed E-state index contributed by atoms with van der Waals surface area (Å²) in [5.41, 5.74) is 7.96. The highest BCUT2D eigenvalue weighted by Gasteiger charge is 2.33. The summed E-state index contributed by atoms with van der Waals surface area (Å²) in [4.78, 5) is 40.0. The zero-order valence-corrected chi connectivity index (χ0v) is 15.6. The van der Waals surface area contributed by atoms with Gasteiger partial charge in [0.15, 0.2) is 0 Å². The van der Waals surface area contributed by atoms with Crippen molar-refractivity contribution >= 4 is 23.0 Å². The van der Waals surface area contributed by atoms with Gasteiger partial charge in [0.25, 0.3) is 10.9 Å². The third-order valence-corrected chi connectivity index (χ3v) is 6.18. The average molecular weight is 367 g/mol. The van der Waals surface area contributed by atoms with Crippen molar-refractivity contribution < 1.29 is 4.79 Å². The van der Waals surface area contributed by atoms with Gasteiger partial charge in [-0.25, -0.2) is 0 Å². The molecule has 0 bridgehead atoms. The Morgan fingerprint density at radius 1 is 1.15 bits per heavy atom. The molecule has 0 atom stereocenters. The predicted molar refractivity (Wildman–Crippen MR) is 106 cm³/mol. The van der Waals surface area contributed by atoms with Crippen molar-refractivity contribution in [1.29, 1.82) is 0 Å². The lowest BCUT2D eigenvalue weighted by atomic mass is 9.81. The molecule has 0 unspecified atom stereocenters. The number of para-hydroxylation sites is 1. The molecule has 1 amide bonds. The van der Waals surface area contributed by atoms with Crippen molar-refractivity contribution in [2.75, 3.05) is 29.9 Å². The molecule has 1 heterocycles. The lowest BCUT2D eigenvalue weighted by molar-refractivity contribution is -0.122. The van der Waals surface area contributed by atoms with E-state index in [9.17, 15) is 14.4 Å². The maximum absolute atomic E-state index is 12.4. The molecule has 0 spiro atoms. The van der Waals surface area contributed by atoms with Crippen molar-refractivity contribution in [3.63, 3.8) is 0 Å². The minimum absolute atomic E-state index is 0.0191. The van der Waals surface area contributed by atoms with E-state index in [2.05, 4.69) is 6.07 Å². The van der Waals surface area contributed by atoms with Crippen LogP contribution in [0.5, 0.6) is 0 Å². The number of carbonyl (C=O) groups excluding carboxylic acids is 1. The summed E-state index contributed by atoms with van der Waals surface area (Å²) < 4.78 is 0. The molecule has 1 fully saturated rings. The van der Waals surface area contributed by atoms with Crippen LogP contribution in [0, 0.1) is 11.8 Å². The fourth-order valence-electron chi connectivity index (χ4n) is 4.65. The summed E-state index contributed by atoms with van der Waals surface area (Å²) in [5.74, 6) is 0.183. The van der Waals surface area contributed by atoms with Gasteiger partial charge >= 0.3 is 0 Å². The number of rotatable bonds is 5. The van der Waals surface area contributed by atoms with Crippen LogP contribution in [0.4, 0.5) is 17.1 Å². The minimum atomic E-state index is -0.386. The smallest absolute Gasteiger partial charge is 0.253 e. The highest BCUT2D eigenvalue weighted by atomic mass is 16.2. The van der Waals surface area contributed by atoms with Gasteiger partial charge in [0, 0.05) is 31.7 Å². The summed E-state index contributed by atoms with van der Waals surface area (Å²) in [6.45, 7) is 1.45. The number of fused-ring (bicyclic) bond motifs is 1. The van der Waals surface area contributed by atoms with Crippen LogP contribution in [0.3, 0.4) is 0 Å². The molecule has 1 aliphatic carbocycles. The van der Waals surface area contributed by atoms with Crippen molar-refractivity contribution in [2.45, 2.75) is 32.1 Å². The van der Waals surface area contributed by atoms with E-state index in [-0.39, 0.29) is 22.7 Å². The fourth-order valence-corrected chi connectivity index (χ4v) is 4.65. The van der Waals surface area contributed by atoms with Gasteiger partial charge in [-0.05, 0) is 49.7 Å². The van der Waals surface area contributed by atoms with Gasteiger partial charge in [-0.1, -0.05) is 18.2 Å². The second kappa shape index (κ2) is 6.83. The second-order valence-electron chi connectivity index (χ2n) is 7.89. The van der Waals surface area contributed by atoms with E-state index in [0.717, 1.165) is 50.9 Å². The molecule has 142 valence electrons. The molecule has 2 N–H and O–H groups in total. The number of anilines is 3. The first kappa shape index (κ1) is 17.8. The topological polar surface area (TPSA) is 83.7 Å². The monoisotopic (exact) mass is 367 g/mol. The van der Waals surface area contributed by atoms with E-state index in [1.54, 1.807) is 0 Å². The number of primary amides is 1. The molecule has 4 rings (SSSR count). The fraction of sp³-hybridized carbons (Fsp3) is 0.476. The van der Waals surface area contributed by atoms with Crippen molar-refractivity contribution in [3.05, 3.63) is 50.3 Å². The lowest BCUT2D eigenvalue weighted by Gasteiger charge is -2.33. The van der Waals surface area contributed by atoms with Crippen molar-refractivity contribution in [2.24, 2.45) is 17.6 Å². The van der Waals surface area contributed by atoms with Gasteiger partial charge in [-0.3, -0.25) is 14.4 Å². The Bertz CT molecular complexity index is 937. The van der Waals surface area contributed by atoms with Crippen molar-refractivity contribution in [1.82, 2.24) is 0 Å². The molecule has 2 aliphatic rings. The zero-order valence-electron chi connectivity index (χ0n) is 15.6. The summed E-state index contributed by atoms with van der Waals surface area (Å²) in [5, 5.41) is 0. The number of hydrogen-bond donors (Lipinski definition) is 1. The van der Waals surface area contributed by atoms with E-state index in [1.165, 1.54) is 5.56 Å². The Hall–Kier alpha value is -2.63. The highest BCUT2D eigenvalue weighted by molar-refractivity contribution is 5.83. The Labute approximate surface area is 158 Å². The Kier molecular flexibility index (Phi) is 4.50. The van der Waals surface area contributed by atoms with Crippen LogP contribution >= 0.6 is 0 Å². The molecule has 2 aromatic carbocycles. The highest BCUT2D eigenvalue weighted by Crippen LogP contribution is 2.38. The van der Waals surface area contributed by atoms with E-state index in [0.29, 0.717) is 17.3 Å². The third kappa shape index (κ3) is 3.03. The lowest BCUT2D eigenvalue weighted by Crippen LogP contribution is -2.45. The molecule has 0 radical (unpaired) electrons. The number of hydrogen-bond acceptors (Lipinski definition) is 5. The molecule has 1 saturated carbocycles. The normalized spacial score (nSPS) is 22.0. The molecule has 0 saturated heterocycles. The first-order valence-electron chi connectivity index (χ1n) is 9.66. The largest absolute Gasteiger partial charge is 0.369 e. The zero-order chi connectivity index (χ0) is 19.1. The van der Waals surface area contributed by atoms with E-state index >= 15 is 0 Å². The maximum atomic E-state index is 12.4. The van der Waals surface area contributed by atoms with Crippen LogP contribution in [0.15, 0.2) is 33.9 Å². The second-order valence-corrected chi connectivity index (χ2v) is 7.89. The molecule has 27 heavy (non-hydrogen) atoms. The van der Waals surface area contributed by atoms with Crippen LogP contribution in [-0.4, -0.2) is 26.0 Å². The summed E-state index contributed by atoms with van der Waals surface area (Å²) in [6.07, 6.45) is 4.36. The Morgan fingerprint density at radius 2 is 1.85 bits per heavy atom. The van der Waals surface area contributed by atoms with Crippen LogP contribution in [-0.2, 0) is 11.2 Å². The van der Waals surface area contributed by atoms with Gasteiger partial charge in [0.2, 0.25) is 5.91 Å². The van der Waals surface area contributed by atoms with Crippen LogP contribution in [0.2, 0.25) is 0 Å². The van der Waals surface area contributed by atoms with Gasteiger partial charge in [0.05, 0.1) is 0 Å². The molecular formula is C21H25N3O3. The van der Waals surface area contributed by atoms with Crippen LogP contribution in [0.1, 0.15) is 31.2 Å². The van der Waals surface area contributed by atoms with Gasteiger partial charge in [0.1, 0.15) is 11.4 Å². The first-order chi connectivity index (χ1) is 13.0. The predicted octanol–water partition coefficient (Wildman–Crippen LogP) is 1.70. The molecule has 0 aromatic heterocycles. The molecular weight excluding hydrogens is 342 g/mol. The standard InChI is InChI=1S/C21H25N3O3/c1-23(12-13-6-8-15(9-7-13)21(22)27)17-18(20(26)19(17)25)24-11-10-14-4-2-3-5-16(14)24/h2-5,13,15H,6-12H2,1H3,(H2,22,27). The molecule has 1 aliphatic heterocycles. The van der Waals surface area contributed by atoms with E-state index in [1.807, 2.05) is 35.0 Å². The van der Waals surface area contributed by atoms with E-state index < -0.39 is 0 Å². The van der Waals surface area contributed by atoms with Crippen LogP contribution < -0.4 is 26.4 Å². The Balaban J connectivity index is 1.51. The number of nitrogens with zero attached hydrogens (tertiary/aromatic N) is 2. The Morgan fingerprint density at radius 3 is 2.56 bits per heavy atom. The summed E-state index contributed by atoms with van der Waals surface area (Å²) in [7, 11) is 1.89. The number of carbonyl (C=O) groups is 1. The van der Waals surface area contributed by atoms with Gasteiger partial charge in [-0.15, -0.1) is 0 Å². The number of benzene rings is 1. The number of nitrogens with two attached hydrogens (primary N) is 1. The molecule has 6 heteroatoms. The van der Waals surface area contributed by atoms with Crippen LogP contribution in [0.25, 0.3) is 0 Å². The van der Waals surface area contributed by atoms with E-state index in [4.69, 9.17) is 5.73 Å². The molecule has 6 nitrogen and oxygen atoms in total. The first-order valence-corrected chi connectivity index (χ1v) is 9.66. The number of amides is 1. The maximum Gasteiger partial charge on any atom is 0.253 e. The van der Waals surface area contributed by atoms with Gasteiger partial charge in [-0.2, -0.15) is 0 Å². The minimum Gasteiger partial charge on any atom is -0.369 e. The quantitative estimate of drug-likeness (QED) is 0.814. The SMILES string of the molecule is CN(CC1CCC(C(N)=O)CC1)c1c(N2CCc3ccccc32)c(=O)c1=O. The summed E-state index contributed by atoms with van der Waals surface area (Å²) in [6, 6.07) is 8.04. The average Bonchev–Trinajstić information content (AvgIpc) is 3.08. The van der Waals surface area contributed by atoms with Crippen molar-refractivity contribution in [3.8, 4) is 0 Å². The van der Waals surface area contributed by atoms with Gasteiger partial charge < -0.3 is 15.5 Å². The molecule has 2 aromatic rings.